The van der Waals surface area contributed by atoms with E-state index in [2.05, 4.69) is 199 Å². The number of nitrogens with zero attached hydrogens (tertiary/aromatic N) is 5. The van der Waals surface area contributed by atoms with Crippen LogP contribution in [0.5, 0.6) is 0 Å². The Bertz CT molecular complexity index is 3940. The molecule has 0 bridgehead atoms. The van der Waals surface area contributed by atoms with Gasteiger partial charge in [-0.3, -0.25) is 4.98 Å². The molecule has 13 aromatic rings. The van der Waals surface area contributed by atoms with Crippen molar-refractivity contribution in [1.82, 2.24) is 24.5 Å². The second-order valence-electron chi connectivity index (χ2n) is 17.0. The zero-order valence-electron chi connectivity index (χ0n) is 36.7. The van der Waals surface area contributed by atoms with Gasteiger partial charge in [0.25, 0.3) is 0 Å². The first-order valence-electron chi connectivity index (χ1n) is 22.8. The first kappa shape index (κ1) is 39.5. The van der Waals surface area contributed by atoms with Crippen LogP contribution in [-0.4, -0.2) is 24.5 Å². The van der Waals surface area contributed by atoms with Crippen molar-refractivity contribution in [3.05, 3.63) is 237 Å². The number of hydrogen-bond donors (Lipinski definition) is 0. The molecule has 0 N–H and O–H groups in total. The van der Waals surface area contributed by atoms with Gasteiger partial charge in [-0.05, 0) is 70.3 Å². The number of fused-ring (bicyclic) bond motifs is 7. The molecule has 0 aliphatic rings. The standard InChI is InChI=1S/C62H39N5S/c1-6-19-40(20-7-1)44-33-34-47(41-21-8-2-9-22-41)51(37-44)45-38-52(62-65-60(42-23-10-3-11-24-42)64-61(66-62)43-25-12-4-13-26-43)58(63-39-45)50-30-18-32-54-56(50)57-55(68-54)36-35-49-48-29-16-17-31-53(48)67(59(49)57)46-27-14-5-15-28-46/h1-39H. The Morgan fingerprint density at radius 1 is 0.338 bits per heavy atom. The Hall–Kier alpha value is -8.84. The lowest BCUT2D eigenvalue weighted by molar-refractivity contribution is 1.07. The van der Waals surface area contributed by atoms with Gasteiger partial charge in [-0.15, -0.1) is 11.3 Å². The second-order valence-corrected chi connectivity index (χ2v) is 18.0. The highest BCUT2D eigenvalue weighted by Crippen LogP contribution is 2.48. The molecule has 5 nitrogen and oxygen atoms in total. The van der Waals surface area contributed by atoms with Gasteiger partial charge in [0.1, 0.15) is 0 Å². The highest BCUT2D eigenvalue weighted by atomic mass is 32.1. The molecule has 0 atom stereocenters. The Labute approximate surface area is 397 Å². The minimum atomic E-state index is 0.544. The first-order valence-corrected chi connectivity index (χ1v) is 23.6. The van der Waals surface area contributed by atoms with Crippen LogP contribution in [0.15, 0.2) is 237 Å². The van der Waals surface area contributed by atoms with Crippen molar-refractivity contribution in [3.8, 4) is 84.5 Å². The van der Waals surface area contributed by atoms with Gasteiger partial charge in [-0.2, -0.15) is 0 Å². The number of benzene rings is 9. The molecule has 0 spiro atoms. The van der Waals surface area contributed by atoms with Crippen LogP contribution in [0.3, 0.4) is 0 Å². The average Bonchev–Trinajstić information content (AvgIpc) is 3.98. The third-order valence-corrected chi connectivity index (χ3v) is 14.0. The smallest absolute Gasteiger partial charge is 0.166 e. The van der Waals surface area contributed by atoms with Crippen LogP contribution in [0.4, 0.5) is 0 Å². The van der Waals surface area contributed by atoms with Gasteiger partial charge in [-0.1, -0.05) is 188 Å². The van der Waals surface area contributed by atoms with Crippen molar-refractivity contribution in [1.29, 1.82) is 0 Å². The molecule has 0 aliphatic carbocycles. The summed E-state index contributed by atoms with van der Waals surface area (Å²) in [6, 6.07) is 81.2. The van der Waals surface area contributed by atoms with E-state index in [9.17, 15) is 0 Å². The number of pyridine rings is 1. The molecule has 13 rings (SSSR count). The minimum Gasteiger partial charge on any atom is -0.309 e. The summed E-state index contributed by atoms with van der Waals surface area (Å²) in [7, 11) is 0. The number of thiophene rings is 1. The second kappa shape index (κ2) is 16.5. The lowest BCUT2D eigenvalue weighted by Crippen LogP contribution is -2.02. The summed E-state index contributed by atoms with van der Waals surface area (Å²) in [6.07, 6.45) is 2.04. The maximum Gasteiger partial charge on any atom is 0.166 e. The summed E-state index contributed by atoms with van der Waals surface area (Å²) in [5, 5.41) is 4.77. The molecule has 6 heteroatoms. The van der Waals surface area contributed by atoms with E-state index in [1.807, 2.05) is 53.9 Å². The fourth-order valence-corrected chi connectivity index (χ4v) is 10.9. The highest BCUT2D eigenvalue weighted by molar-refractivity contribution is 7.26. The molecule has 0 unspecified atom stereocenters. The van der Waals surface area contributed by atoms with Crippen molar-refractivity contribution in [2.24, 2.45) is 0 Å². The van der Waals surface area contributed by atoms with E-state index in [0.717, 1.165) is 72.4 Å². The van der Waals surface area contributed by atoms with Crippen LogP contribution in [0.25, 0.3) is 126 Å². The van der Waals surface area contributed by atoms with Crippen molar-refractivity contribution in [2.75, 3.05) is 0 Å². The van der Waals surface area contributed by atoms with Crippen LogP contribution < -0.4 is 0 Å². The molecule has 0 aliphatic heterocycles. The Balaban J connectivity index is 1.14. The third-order valence-electron chi connectivity index (χ3n) is 12.9. The zero-order valence-corrected chi connectivity index (χ0v) is 37.5. The average molecular weight is 886 g/mol. The van der Waals surface area contributed by atoms with Crippen LogP contribution in [0.1, 0.15) is 0 Å². The first-order chi connectivity index (χ1) is 33.7. The van der Waals surface area contributed by atoms with Gasteiger partial charge >= 0.3 is 0 Å². The summed E-state index contributed by atoms with van der Waals surface area (Å²) in [4.78, 5) is 21.4. The quantitative estimate of drug-likeness (QED) is 0.153. The normalized spacial score (nSPS) is 11.5. The van der Waals surface area contributed by atoms with Crippen molar-refractivity contribution < 1.29 is 0 Å². The van der Waals surface area contributed by atoms with E-state index >= 15 is 0 Å². The Morgan fingerprint density at radius 2 is 0.912 bits per heavy atom. The summed E-state index contributed by atoms with van der Waals surface area (Å²) in [5.41, 5.74) is 14.4. The Kier molecular flexibility index (Phi) is 9.62. The lowest BCUT2D eigenvalue weighted by atomic mass is 9.90. The van der Waals surface area contributed by atoms with Gasteiger partial charge in [0.2, 0.25) is 0 Å². The molecule has 0 amide bonds. The van der Waals surface area contributed by atoms with Gasteiger partial charge in [0.05, 0.1) is 16.7 Å². The van der Waals surface area contributed by atoms with Crippen molar-refractivity contribution >= 4 is 53.3 Å². The summed E-state index contributed by atoms with van der Waals surface area (Å²) in [5.74, 6) is 1.73. The summed E-state index contributed by atoms with van der Waals surface area (Å²) >= 11 is 1.82. The molecular weight excluding hydrogens is 847 g/mol. The van der Waals surface area contributed by atoms with E-state index in [-0.39, 0.29) is 0 Å². The summed E-state index contributed by atoms with van der Waals surface area (Å²) in [6.45, 7) is 0. The van der Waals surface area contributed by atoms with E-state index < -0.39 is 0 Å². The van der Waals surface area contributed by atoms with Gasteiger partial charge in [-0.25, -0.2) is 15.0 Å². The Morgan fingerprint density at radius 3 is 1.60 bits per heavy atom. The van der Waals surface area contributed by atoms with Crippen LogP contribution in [0, 0.1) is 0 Å². The van der Waals surface area contributed by atoms with Crippen LogP contribution in [-0.2, 0) is 0 Å². The van der Waals surface area contributed by atoms with Gasteiger partial charge in [0.15, 0.2) is 17.5 Å². The highest BCUT2D eigenvalue weighted by Gasteiger charge is 2.24. The number of para-hydroxylation sites is 2. The molecular formula is C62H39N5S. The predicted octanol–water partition coefficient (Wildman–Crippen LogP) is 16.4. The maximum atomic E-state index is 5.58. The number of aromatic nitrogens is 5. The van der Waals surface area contributed by atoms with Crippen LogP contribution >= 0.6 is 11.3 Å². The van der Waals surface area contributed by atoms with Gasteiger partial charge < -0.3 is 4.57 Å². The molecule has 68 heavy (non-hydrogen) atoms. The number of rotatable bonds is 8. The van der Waals surface area contributed by atoms with E-state index in [1.165, 1.54) is 36.6 Å². The van der Waals surface area contributed by atoms with Gasteiger partial charge in [0, 0.05) is 70.6 Å². The molecule has 0 saturated heterocycles. The maximum absolute atomic E-state index is 5.58. The predicted molar refractivity (Wildman–Crippen MR) is 283 cm³/mol. The minimum absolute atomic E-state index is 0.544. The molecule has 0 fully saturated rings. The van der Waals surface area contributed by atoms with Crippen LogP contribution in [0.2, 0.25) is 0 Å². The zero-order chi connectivity index (χ0) is 45.0. The monoisotopic (exact) mass is 885 g/mol. The molecule has 4 aromatic heterocycles. The summed E-state index contributed by atoms with van der Waals surface area (Å²) < 4.78 is 4.82. The van der Waals surface area contributed by atoms with Crippen molar-refractivity contribution in [3.63, 3.8) is 0 Å². The van der Waals surface area contributed by atoms with E-state index in [1.54, 1.807) is 0 Å². The molecule has 9 aromatic carbocycles. The fourth-order valence-electron chi connectivity index (χ4n) is 9.79. The van der Waals surface area contributed by atoms with E-state index in [0.29, 0.717) is 17.5 Å². The largest absolute Gasteiger partial charge is 0.309 e. The number of hydrogen-bond acceptors (Lipinski definition) is 5. The molecule has 0 radical (unpaired) electrons. The molecule has 318 valence electrons. The SMILES string of the molecule is c1ccc(-c2ccc(-c3ccccc3)c(-c3cnc(-c4cccc5sc6ccc7c8ccccc8n(-c8ccccc8)c7c6c45)c(-c4nc(-c5ccccc5)nc(-c5ccccc5)n4)c3)c2)cc1. The topological polar surface area (TPSA) is 56.5 Å². The fraction of sp³-hybridized carbons (Fsp3) is 0. The third kappa shape index (κ3) is 6.77. The van der Waals surface area contributed by atoms with Crippen molar-refractivity contribution in [2.45, 2.75) is 0 Å². The molecule has 4 heterocycles. The lowest BCUT2D eigenvalue weighted by Gasteiger charge is -2.17. The molecule has 0 saturated carbocycles. The van der Waals surface area contributed by atoms with E-state index in [4.69, 9.17) is 19.9 Å².